The van der Waals surface area contributed by atoms with Gasteiger partial charge in [-0.25, -0.2) is 0 Å². The average molecular weight is 236 g/mol. The zero-order valence-electron chi connectivity index (χ0n) is 10.7. The molecule has 1 atom stereocenters. The summed E-state index contributed by atoms with van der Waals surface area (Å²) in [6, 6.07) is 7.51. The molecule has 1 unspecified atom stereocenters. The zero-order chi connectivity index (χ0) is 12.7. The summed E-state index contributed by atoms with van der Waals surface area (Å²) >= 11 is 0. The lowest BCUT2D eigenvalue weighted by Crippen LogP contribution is -2.20. The normalized spacial score (nSPS) is 12.4. The second-order valence-electron chi connectivity index (χ2n) is 4.07. The molecule has 0 aliphatic heterocycles. The zero-order valence-corrected chi connectivity index (χ0v) is 10.7. The van der Waals surface area contributed by atoms with Crippen molar-refractivity contribution in [1.82, 2.24) is 0 Å². The van der Waals surface area contributed by atoms with E-state index < -0.39 is 0 Å². The summed E-state index contributed by atoms with van der Waals surface area (Å²) in [7, 11) is 0. The first-order chi connectivity index (χ1) is 8.13. The molecule has 0 bridgehead atoms. The molecule has 0 N–H and O–H groups in total. The van der Waals surface area contributed by atoms with Crippen LogP contribution in [0, 0.1) is 6.92 Å². The number of ketones is 1. The highest BCUT2D eigenvalue weighted by Crippen LogP contribution is 2.05. The lowest BCUT2D eigenvalue weighted by molar-refractivity contribution is 0.00115. The molecule has 3 heteroatoms. The Bertz CT molecular complexity index is 343. The van der Waals surface area contributed by atoms with Gasteiger partial charge in [-0.1, -0.05) is 29.8 Å². The first kappa shape index (κ1) is 13.9. The summed E-state index contributed by atoms with van der Waals surface area (Å²) in [5, 5.41) is 0. The van der Waals surface area contributed by atoms with Crippen molar-refractivity contribution in [2.45, 2.75) is 26.9 Å². The molecule has 0 heterocycles. The molecular weight excluding hydrogens is 216 g/mol. The van der Waals surface area contributed by atoms with Crippen LogP contribution in [0.15, 0.2) is 24.3 Å². The molecule has 1 rings (SSSR count). The number of hydrogen-bond acceptors (Lipinski definition) is 3. The predicted octanol–water partition coefficient (Wildman–Crippen LogP) is 2.62. The standard InChI is InChI=1S/C14H20O3/c1-4-16-9-12(3)17-10-14(15)13-7-5-11(2)6-8-13/h5-8,12H,4,9-10H2,1-3H3. The molecule has 0 aliphatic rings. The lowest BCUT2D eigenvalue weighted by atomic mass is 10.1. The predicted molar refractivity (Wildman–Crippen MR) is 67.4 cm³/mol. The minimum absolute atomic E-state index is 0.00773. The van der Waals surface area contributed by atoms with Crippen LogP contribution >= 0.6 is 0 Å². The maximum Gasteiger partial charge on any atom is 0.188 e. The Morgan fingerprint density at radius 3 is 2.53 bits per heavy atom. The van der Waals surface area contributed by atoms with Crippen LogP contribution in [0.4, 0.5) is 0 Å². The maximum atomic E-state index is 11.8. The third-order valence-corrected chi connectivity index (χ3v) is 2.43. The first-order valence-corrected chi connectivity index (χ1v) is 5.92. The van der Waals surface area contributed by atoms with E-state index in [1.54, 1.807) is 0 Å². The summed E-state index contributed by atoms with van der Waals surface area (Å²) in [4.78, 5) is 11.8. The fraction of sp³-hybridized carbons (Fsp3) is 0.500. The molecule has 94 valence electrons. The van der Waals surface area contributed by atoms with E-state index in [-0.39, 0.29) is 18.5 Å². The van der Waals surface area contributed by atoms with Gasteiger partial charge in [-0.2, -0.15) is 0 Å². The maximum absolute atomic E-state index is 11.8. The van der Waals surface area contributed by atoms with Crippen molar-refractivity contribution in [3.05, 3.63) is 35.4 Å². The average Bonchev–Trinajstić information content (AvgIpc) is 2.34. The van der Waals surface area contributed by atoms with E-state index in [9.17, 15) is 4.79 Å². The fourth-order valence-electron chi connectivity index (χ4n) is 1.37. The molecule has 0 saturated carbocycles. The quantitative estimate of drug-likeness (QED) is 0.683. The van der Waals surface area contributed by atoms with Gasteiger partial charge in [0.1, 0.15) is 6.61 Å². The highest BCUT2D eigenvalue weighted by atomic mass is 16.5. The molecule has 1 aromatic carbocycles. The van der Waals surface area contributed by atoms with Crippen LogP contribution in [-0.4, -0.2) is 31.7 Å². The second kappa shape index (κ2) is 7.20. The molecular formula is C14H20O3. The van der Waals surface area contributed by atoms with Crippen LogP contribution in [0.2, 0.25) is 0 Å². The molecule has 0 spiro atoms. The van der Waals surface area contributed by atoms with E-state index in [1.165, 1.54) is 0 Å². The summed E-state index contributed by atoms with van der Waals surface area (Å²) in [6.07, 6.45) is -0.0515. The number of ether oxygens (including phenoxy) is 2. The largest absolute Gasteiger partial charge is 0.379 e. The van der Waals surface area contributed by atoms with Crippen LogP contribution in [0.5, 0.6) is 0 Å². The number of carbonyl (C=O) groups is 1. The molecule has 0 fully saturated rings. The van der Waals surface area contributed by atoms with Gasteiger partial charge in [0, 0.05) is 12.2 Å². The Labute approximate surface area is 103 Å². The SMILES string of the molecule is CCOCC(C)OCC(=O)c1ccc(C)cc1. The Kier molecular flexibility index (Phi) is 5.87. The summed E-state index contributed by atoms with van der Waals surface area (Å²) in [5.41, 5.74) is 1.84. The van der Waals surface area contributed by atoms with Crippen LogP contribution in [0.25, 0.3) is 0 Å². The summed E-state index contributed by atoms with van der Waals surface area (Å²) in [5.74, 6) is 0.00773. The van der Waals surface area contributed by atoms with Crippen molar-refractivity contribution in [3.63, 3.8) is 0 Å². The number of benzene rings is 1. The van der Waals surface area contributed by atoms with Gasteiger partial charge in [0.05, 0.1) is 12.7 Å². The number of Topliss-reactive ketones (excluding diaryl/α,β-unsaturated/α-hetero) is 1. The van der Waals surface area contributed by atoms with Crippen molar-refractivity contribution >= 4 is 5.78 Å². The molecule has 0 saturated heterocycles. The lowest BCUT2D eigenvalue weighted by Gasteiger charge is -2.12. The Balaban J connectivity index is 2.36. The Morgan fingerprint density at radius 2 is 1.94 bits per heavy atom. The van der Waals surface area contributed by atoms with E-state index in [0.717, 1.165) is 5.56 Å². The highest BCUT2D eigenvalue weighted by Gasteiger charge is 2.08. The second-order valence-corrected chi connectivity index (χ2v) is 4.07. The van der Waals surface area contributed by atoms with Gasteiger partial charge >= 0.3 is 0 Å². The topological polar surface area (TPSA) is 35.5 Å². The van der Waals surface area contributed by atoms with Crippen LogP contribution in [0.1, 0.15) is 29.8 Å². The Hall–Kier alpha value is -1.19. The summed E-state index contributed by atoms with van der Waals surface area (Å²) in [6.45, 7) is 7.13. The molecule has 0 aliphatic carbocycles. The monoisotopic (exact) mass is 236 g/mol. The molecule has 1 aromatic rings. The smallest absolute Gasteiger partial charge is 0.188 e. The van der Waals surface area contributed by atoms with Gasteiger partial charge < -0.3 is 9.47 Å². The van der Waals surface area contributed by atoms with E-state index in [2.05, 4.69) is 0 Å². The van der Waals surface area contributed by atoms with E-state index in [0.29, 0.717) is 18.8 Å². The van der Waals surface area contributed by atoms with Crippen LogP contribution in [0.3, 0.4) is 0 Å². The van der Waals surface area contributed by atoms with Gasteiger partial charge in [0.2, 0.25) is 0 Å². The van der Waals surface area contributed by atoms with Crippen molar-refractivity contribution in [2.75, 3.05) is 19.8 Å². The number of carbonyl (C=O) groups excluding carboxylic acids is 1. The van der Waals surface area contributed by atoms with Gasteiger partial charge in [-0.15, -0.1) is 0 Å². The highest BCUT2D eigenvalue weighted by molar-refractivity contribution is 5.97. The van der Waals surface area contributed by atoms with Gasteiger partial charge in [-0.05, 0) is 20.8 Å². The van der Waals surface area contributed by atoms with Gasteiger partial charge in [0.25, 0.3) is 0 Å². The van der Waals surface area contributed by atoms with E-state index in [4.69, 9.17) is 9.47 Å². The Morgan fingerprint density at radius 1 is 1.29 bits per heavy atom. The van der Waals surface area contributed by atoms with Gasteiger partial charge in [-0.3, -0.25) is 4.79 Å². The molecule has 0 aromatic heterocycles. The third kappa shape index (κ3) is 5.11. The van der Waals surface area contributed by atoms with E-state index >= 15 is 0 Å². The van der Waals surface area contributed by atoms with Crippen molar-refractivity contribution in [3.8, 4) is 0 Å². The number of aryl methyl sites for hydroxylation is 1. The molecule has 0 radical (unpaired) electrons. The first-order valence-electron chi connectivity index (χ1n) is 5.92. The number of rotatable bonds is 7. The third-order valence-electron chi connectivity index (χ3n) is 2.43. The van der Waals surface area contributed by atoms with Crippen molar-refractivity contribution in [2.24, 2.45) is 0 Å². The molecule has 17 heavy (non-hydrogen) atoms. The van der Waals surface area contributed by atoms with Gasteiger partial charge in [0.15, 0.2) is 5.78 Å². The van der Waals surface area contributed by atoms with E-state index in [1.807, 2.05) is 45.0 Å². The minimum atomic E-state index is -0.0515. The fourth-order valence-corrected chi connectivity index (χ4v) is 1.37. The number of hydrogen-bond donors (Lipinski definition) is 0. The molecule has 0 amide bonds. The van der Waals surface area contributed by atoms with Crippen LogP contribution in [-0.2, 0) is 9.47 Å². The summed E-state index contributed by atoms with van der Waals surface area (Å²) < 4.78 is 10.6. The minimum Gasteiger partial charge on any atom is -0.379 e. The molecule has 3 nitrogen and oxygen atoms in total. The van der Waals surface area contributed by atoms with Crippen molar-refractivity contribution < 1.29 is 14.3 Å². The van der Waals surface area contributed by atoms with Crippen LogP contribution < -0.4 is 0 Å². The van der Waals surface area contributed by atoms with Crippen molar-refractivity contribution in [1.29, 1.82) is 0 Å².